The lowest BCUT2D eigenvalue weighted by Crippen LogP contribution is -2.43. The zero-order chi connectivity index (χ0) is 21.6. The molecule has 4 atom stereocenters. The van der Waals surface area contributed by atoms with Gasteiger partial charge in [0.2, 0.25) is 0 Å². The number of aliphatic hydroxyl groups excluding tert-OH is 1. The fourth-order valence-electron chi connectivity index (χ4n) is 5.01. The predicted molar refractivity (Wildman–Crippen MR) is 111 cm³/mol. The molecule has 0 radical (unpaired) electrons. The molecule has 1 aromatic carbocycles. The Bertz CT molecular complexity index is 1080. The van der Waals surface area contributed by atoms with Gasteiger partial charge in [-0.05, 0) is 36.8 Å². The molecule has 0 unspecified atom stereocenters. The van der Waals surface area contributed by atoms with Crippen molar-refractivity contribution >= 4 is 22.4 Å². The quantitative estimate of drug-likeness (QED) is 0.661. The number of rotatable bonds is 3. The van der Waals surface area contributed by atoms with E-state index in [9.17, 15) is 18.3 Å². The van der Waals surface area contributed by atoms with Crippen molar-refractivity contribution in [2.75, 3.05) is 23.3 Å². The Morgan fingerprint density at radius 3 is 2.55 bits per heavy atom. The topological polar surface area (TPSA) is 74.2 Å². The number of pyridine rings is 1. The first kappa shape index (κ1) is 20.0. The van der Waals surface area contributed by atoms with E-state index in [4.69, 9.17) is 0 Å². The zero-order valence-electron chi connectivity index (χ0n) is 16.6. The second kappa shape index (κ2) is 7.64. The predicted octanol–water partition coefficient (Wildman–Crippen LogP) is 3.73. The molecule has 0 bridgehead atoms. The second-order valence-electron chi connectivity index (χ2n) is 8.33. The highest BCUT2D eigenvalue weighted by molar-refractivity contribution is 5.93. The largest absolute Gasteiger partial charge is 0.418 e. The Labute approximate surface area is 177 Å². The molecule has 2 N–H and O–H groups in total. The van der Waals surface area contributed by atoms with E-state index in [0.717, 1.165) is 24.7 Å². The molecule has 31 heavy (non-hydrogen) atoms. The number of aliphatic hydroxyl groups is 1. The summed E-state index contributed by atoms with van der Waals surface area (Å²) in [6, 6.07) is 5.85. The summed E-state index contributed by atoms with van der Waals surface area (Å²) in [5, 5.41) is 14.4. The number of para-hydroxylation sites is 1. The minimum absolute atomic E-state index is 0.0235. The molecule has 2 aliphatic rings. The summed E-state index contributed by atoms with van der Waals surface area (Å²) in [6.45, 7) is 1.43. The first-order valence-electron chi connectivity index (χ1n) is 10.3. The Hall–Kier alpha value is -2.94. The number of nitrogens with zero attached hydrogens (tertiary/aromatic N) is 4. The van der Waals surface area contributed by atoms with Crippen LogP contribution in [-0.2, 0) is 6.18 Å². The summed E-state index contributed by atoms with van der Waals surface area (Å²) in [5.41, 5.74) is 0.0233. The van der Waals surface area contributed by atoms with E-state index in [0.29, 0.717) is 30.1 Å². The summed E-state index contributed by atoms with van der Waals surface area (Å²) in [5.74, 6) is 1.23. The molecule has 9 heteroatoms. The van der Waals surface area contributed by atoms with Crippen LogP contribution in [0.3, 0.4) is 0 Å². The van der Waals surface area contributed by atoms with Crippen molar-refractivity contribution in [3.05, 3.63) is 54.6 Å². The Morgan fingerprint density at radius 1 is 1.00 bits per heavy atom. The van der Waals surface area contributed by atoms with Gasteiger partial charge in [-0.2, -0.15) is 13.2 Å². The average Bonchev–Trinajstić information content (AvgIpc) is 3.15. The number of hydrogen-bond acceptors (Lipinski definition) is 6. The van der Waals surface area contributed by atoms with E-state index in [2.05, 4.69) is 25.2 Å². The molecule has 3 aromatic rings. The third-order valence-electron chi connectivity index (χ3n) is 6.43. The molecule has 162 valence electrons. The molecule has 1 saturated carbocycles. The van der Waals surface area contributed by atoms with Gasteiger partial charge in [0.05, 0.1) is 29.4 Å². The number of anilines is 2. The van der Waals surface area contributed by atoms with Crippen molar-refractivity contribution in [3.63, 3.8) is 0 Å². The molecule has 5 rings (SSSR count). The van der Waals surface area contributed by atoms with Crippen LogP contribution in [0.2, 0.25) is 0 Å². The van der Waals surface area contributed by atoms with Crippen molar-refractivity contribution in [2.45, 2.75) is 31.2 Å². The highest BCUT2D eigenvalue weighted by Gasteiger charge is 2.42. The fraction of sp³-hybridized carbons (Fsp3) is 0.409. The molecule has 0 amide bonds. The van der Waals surface area contributed by atoms with E-state index in [-0.39, 0.29) is 17.5 Å². The first-order valence-corrected chi connectivity index (χ1v) is 10.3. The van der Waals surface area contributed by atoms with Crippen LogP contribution in [0.15, 0.2) is 49.1 Å². The van der Waals surface area contributed by atoms with Crippen molar-refractivity contribution in [1.82, 2.24) is 15.0 Å². The third-order valence-corrected chi connectivity index (χ3v) is 6.43. The van der Waals surface area contributed by atoms with Crippen LogP contribution < -0.4 is 10.2 Å². The second-order valence-corrected chi connectivity index (χ2v) is 8.33. The Morgan fingerprint density at radius 2 is 1.81 bits per heavy atom. The van der Waals surface area contributed by atoms with E-state index in [1.165, 1.54) is 12.3 Å². The first-order chi connectivity index (χ1) is 14.9. The lowest BCUT2D eigenvalue weighted by atomic mass is 9.77. The molecule has 6 nitrogen and oxygen atoms in total. The molecular formula is C22H22F3N5O. The molecule has 1 aliphatic carbocycles. The molecule has 2 aromatic heterocycles. The minimum Gasteiger partial charge on any atom is -0.391 e. The average molecular weight is 429 g/mol. The summed E-state index contributed by atoms with van der Waals surface area (Å²) < 4.78 is 40.3. The summed E-state index contributed by atoms with van der Waals surface area (Å²) in [6.07, 6.45) is 2.69. The standard InChI is InChI=1S/C22H22F3N5O/c23-22(24,25)16-3-1-2-15-18(4-5-28-21(15)16)30-11-13-8-17(19(31)9-14(13)12-30)29-20-10-26-6-7-27-20/h1-7,10,13-14,17,19,31H,8-9,11-12H2,(H,27,29)/t13-,14+,17-,19-/m1/s1. The maximum Gasteiger partial charge on any atom is 0.418 e. The molecule has 0 spiro atoms. The van der Waals surface area contributed by atoms with Gasteiger partial charge in [0.15, 0.2) is 0 Å². The van der Waals surface area contributed by atoms with Crippen molar-refractivity contribution in [1.29, 1.82) is 0 Å². The Kier molecular flexibility index (Phi) is 4.92. The van der Waals surface area contributed by atoms with Gasteiger partial charge in [-0.25, -0.2) is 4.98 Å². The normalized spacial score (nSPS) is 26.1. The fourth-order valence-corrected chi connectivity index (χ4v) is 5.01. The highest BCUT2D eigenvalue weighted by Crippen LogP contribution is 2.42. The van der Waals surface area contributed by atoms with Crippen LogP contribution in [0, 0.1) is 11.8 Å². The molecule has 2 fully saturated rings. The van der Waals surface area contributed by atoms with Crippen molar-refractivity contribution < 1.29 is 18.3 Å². The van der Waals surface area contributed by atoms with Gasteiger partial charge in [-0.15, -0.1) is 0 Å². The SMILES string of the molecule is O[C@@H]1C[C@H]2CN(c3ccnc4c(C(F)(F)F)cccc34)C[C@H]2C[C@H]1Nc1cnccn1. The number of benzene rings is 1. The van der Waals surface area contributed by atoms with Gasteiger partial charge in [0, 0.05) is 42.8 Å². The van der Waals surface area contributed by atoms with Gasteiger partial charge in [0.25, 0.3) is 0 Å². The van der Waals surface area contributed by atoms with Gasteiger partial charge in [-0.3, -0.25) is 9.97 Å². The van der Waals surface area contributed by atoms with Crippen molar-refractivity contribution in [2.24, 2.45) is 11.8 Å². The summed E-state index contributed by atoms with van der Waals surface area (Å²) in [7, 11) is 0. The van der Waals surface area contributed by atoms with Crippen LogP contribution in [0.4, 0.5) is 24.7 Å². The number of halogens is 3. The van der Waals surface area contributed by atoms with Crippen molar-refractivity contribution in [3.8, 4) is 0 Å². The van der Waals surface area contributed by atoms with Crippen LogP contribution >= 0.6 is 0 Å². The number of alkyl halides is 3. The lowest BCUT2D eigenvalue weighted by Gasteiger charge is -2.35. The number of fused-ring (bicyclic) bond motifs is 2. The highest BCUT2D eigenvalue weighted by atomic mass is 19.4. The molecule has 3 heterocycles. The van der Waals surface area contributed by atoms with Crippen LogP contribution in [0.5, 0.6) is 0 Å². The molecular weight excluding hydrogens is 407 g/mol. The Balaban J connectivity index is 1.39. The van der Waals surface area contributed by atoms with E-state index in [1.807, 2.05) is 0 Å². The minimum atomic E-state index is -4.45. The molecule has 1 saturated heterocycles. The molecule has 1 aliphatic heterocycles. The van der Waals surface area contributed by atoms with Gasteiger partial charge >= 0.3 is 6.18 Å². The van der Waals surface area contributed by atoms with Crippen LogP contribution in [0.25, 0.3) is 10.9 Å². The number of aromatic nitrogens is 3. The van der Waals surface area contributed by atoms with Gasteiger partial charge in [-0.1, -0.05) is 12.1 Å². The monoisotopic (exact) mass is 429 g/mol. The maximum absolute atomic E-state index is 13.4. The zero-order valence-corrected chi connectivity index (χ0v) is 16.6. The smallest absolute Gasteiger partial charge is 0.391 e. The van der Waals surface area contributed by atoms with Gasteiger partial charge < -0.3 is 15.3 Å². The lowest BCUT2D eigenvalue weighted by molar-refractivity contribution is -0.136. The number of nitrogens with one attached hydrogen (secondary N) is 1. The van der Waals surface area contributed by atoms with E-state index < -0.39 is 17.8 Å². The third kappa shape index (κ3) is 3.78. The maximum atomic E-state index is 13.4. The van der Waals surface area contributed by atoms with Crippen LogP contribution in [-0.4, -0.2) is 45.3 Å². The van der Waals surface area contributed by atoms with Gasteiger partial charge in [0.1, 0.15) is 5.82 Å². The summed E-state index contributed by atoms with van der Waals surface area (Å²) >= 11 is 0. The van der Waals surface area contributed by atoms with E-state index in [1.54, 1.807) is 30.7 Å². The summed E-state index contributed by atoms with van der Waals surface area (Å²) in [4.78, 5) is 14.4. The number of hydrogen-bond donors (Lipinski definition) is 2. The van der Waals surface area contributed by atoms with Crippen LogP contribution in [0.1, 0.15) is 18.4 Å². The van der Waals surface area contributed by atoms with E-state index >= 15 is 0 Å².